The third-order valence-corrected chi connectivity index (χ3v) is 4.28. The predicted molar refractivity (Wildman–Crippen MR) is 84.9 cm³/mol. The standard InChI is InChI=1S/C16H22N2O2.ClH/c17-14(11-5-6-11)10-18-16(19)9-12-7-8-20-15-4-2-1-3-13(12)15;/h1-4,11-12,14H,5-10,17H2,(H,18,19);1H. The minimum absolute atomic E-state index is 0. The normalized spacial score (nSPS) is 21.5. The van der Waals surface area contributed by atoms with Gasteiger partial charge in [-0.2, -0.15) is 0 Å². The van der Waals surface area contributed by atoms with Crippen LogP contribution >= 0.6 is 12.4 Å². The van der Waals surface area contributed by atoms with E-state index in [1.165, 1.54) is 12.8 Å². The number of fused-ring (bicyclic) bond motifs is 1. The third kappa shape index (κ3) is 4.11. The average molecular weight is 311 g/mol. The number of ether oxygens (including phenoxy) is 1. The molecule has 5 heteroatoms. The molecule has 0 bridgehead atoms. The molecule has 1 amide bonds. The van der Waals surface area contributed by atoms with Crippen LogP contribution in [0.5, 0.6) is 5.75 Å². The Morgan fingerprint density at radius 2 is 2.10 bits per heavy atom. The summed E-state index contributed by atoms with van der Waals surface area (Å²) in [6.07, 6.45) is 3.85. The zero-order chi connectivity index (χ0) is 13.9. The molecule has 21 heavy (non-hydrogen) atoms. The first-order chi connectivity index (χ1) is 9.74. The molecule has 2 atom stereocenters. The second-order valence-corrected chi connectivity index (χ2v) is 5.88. The van der Waals surface area contributed by atoms with Crippen molar-refractivity contribution < 1.29 is 9.53 Å². The number of rotatable bonds is 5. The second kappa shape index (κ2) is 7.14. The molecule has 3 N–H and O–H groups in total. The Labute approximate surface area is 131 Å². The average Bonchev–Trinajstić information content (AvgIpc) is 3.30. The molecule has 1 heterocycles. The van der Waals surface area contributed by atoms with Crippen LogP contribution in [0.25, 0.3) is 0 Å². The van der Waals surface area contributed by atoms with Gasteiger partial charge in [0.15, 0.2) is 0 Å². The van der Waals surface area contributed by atoms with E-state index in [1.54, 1.807) is 0 Å². The van der Waals surface area contributed by atoms with Crippen LogP contribution < -0.4 is 15.8 Å². The lowest BCUT2D eigenvalue weighted by Gasteiger charge is -2.25. The summed E-state index contributed by atoms with van der Waals surface area (Å²) < 4.78 is 5.62. The molecular weight excluding hydrogens is 288 g/mol. The van der Waals surface area contributed by atoms with E-state index in [2.05, 4.69) is 11.4 Å². The van der Waals surface area contributed by atoms with Crippen LogP contribution in [-0.4, -0.2) is 25.1 Å². The van der Waals surface area contributed by atoms with Crippen LogP contribution in [0.2, 0.25) is 0 Å². The quantitative estimate of drug-likeness (QED) is 0.876. The van der Waals surface area contributed by atoms with Gasteiger partial charge < -0.3 is 15.8 Å². The summed E-state index contributed by atoms with van der Waals surface area (Å²) >= 11 is 0. The summed E-state index contributed by atoms with van der Waals surface area (Å²) in [7, 11) is 0. The molecule has 1 aromatic rings. The molecular formula is C16H23ClN2O2. The zero-order valence-electron chi connectivity index (χ0n) is 12.1. The molecule has 2 unspecified atom stereocenters. The van der Waals surface area contributed by atoms with Gasteiger partial charge in [-0.15, -0.1) is 12.4 Å². The fraction of sp³-hybridized carbons (Fsp3) is 0.562. The van der Waals surface area contributed by atoms with Crippen molar-refractivity contribution in [3.05, 3.63) is 29.8 Å². The Kier molecular flexibility index (Phi) is 5.48. The molecule has 1 fully saturated rings. The van der Waals surface area contributed by atoms with E-state index in [4.69, 9.17) is 10.5 Å². The number of amides is 1. The van der Waals surface area contributed by atoms with Crippen molar-refractivity contribution in [3.8, 4) is 5.75 Å². The predicted octanol–water partition coefficient (Wildman–Crippen LogP) is 2.22. The van der Waals surface area contributed by atoms with Gasteiger partial charge in [-0.05, 0) is 42.7 Å². The molecule has 2 aliphatic rings. The molecule has 1 aliphatic heterocycles. The summed E-state index contributed by atoms with van der Waals surface area (Å²) in [5.74, 6) is 1.91. The van der Waals surface area contributed by atoms with Gasteiger partial charge >= 0.3 is 0 Å². The Morgan fingerprint density at radius 3 is 2.86 bits per heavy atom. The van der Waals surface area contributed by atoms with Crippen molar-refractivity contribution >= 4 is 18.3 Å². The maximum atomic E-state index is 12.1. The number of carbonyl (C=O) groups is 1. The Balaban J connectivity index is 0.00000161. The highest BCUT2D eigenvalue weighted by Crippen LogP contribution is 2.35. The van der Waals surface area contributed by atoms with Crippen molar-refractivity contribution in [2.24, 2.45) is 11.7 Å². The molecule has 1 aliphatic carbocycles. The maximum Gasteiger partial charge on any atom is 0.220 e. The van der Waals surface area contributed by atoms with Crippen LogP contribution in [-0.2, 0) is 4.79 Å². The summed E-state index contributed by atoms with van der Waals surface area (Å²) in [6.45, 7) is 1.30. The second-order valence-electron chi connectivity index (χ2n) is 5.88. The minimum atomic E-state index is 0. The lowest BCUT2D eigenvalue weighted by molar-refractivity contribution is -0.121. The largest absolute Gasteiger partial charge is 0.493 e. The van der Waals surface area contributed by atoms with Gasteiger partial charge in [0.25, 0.3) is 0 Å². The smallest absolute Gasteiger partial charge is 0.220 e. The monoisotopic (exact) mass is 310 g/mol. The molecule has 4 nitrogen and oxygen atoms in total. The molecule has 0 aromatic heterocycles. The first-order valence-corrected chi connectivity index (χ1v) is 7.48. The lowest BCUT2D eigenvalue weighted by atomic mass is 9.90. The van der Waals surface area contributed by atoms with Crippen molar-refractivity contribution in [1.29, 1.82) is 0 Å². The first kappa shape index (κ1) is 16.1. The number of nitrogens with one attached hydrogen (secondary N) is 1. The van der Waals surface area contributed by atoms with Crippen LogP contribution in [0.4, 0.5) is 0 Å². The van der Waals surface area contributed by atoms with E-state index in [0.29, 0.717) is 25.5 Å². The van der Waals surface area contributed by atoms with Gasteiger partial charge in [0, 0.05) is 19.0 Å². The van der Waals surface area contributed by atoms with Crippen LogP contribution in [0.3, 0.4) is 0 Å². The SMILES string of the molecule is Cl.NC(CNC(=O)CC1CCOc2ccccc21)C1CC1. The lowest BCUT2D eigenvalue weighted by Crippen LogP contribution is -2.39. The van der Waals surface area contributed by atoms with Gasteiger partial charge in [0.05, 0.1) is 6.61 Å². The molecule has 0 radical (unpaired) electrons. The maximum absolute atomic E-state index is 12.1. The Morgan fingerprint density at radius 1 is 1.33 bits per heavy atom. The van der Waals surface area contributed by atoms with Gasteiger partial charge in [0.1, 0.15) is 5.75 Å². The van der Waals surface area contributed by atoms with E-state index >= 15 is 0 Å². The zero-order valence-corrected chi connectivity index (χ0v) is 12.9. The van der Waals surface area contributed by atoms with E-state index in [-0.39, 0.29) is 30.3 Å². The number of nitrogens with two attached hydrogens (primary N) is 1. The number of halogens is 1. The van der Waals surface area contributed by atoms with Gasteiger partial charge in [-0.1, -0.05) is 18.2 Å². The van der Waals surface area contributed by atoms with E-state index in [0.717, 1.165) is 17.7 Å². The van der Waals surface area contributed by atoms with Gasteiger partial charge in [0.2, 0.25) is 5.91 Å². The van der Waals surface area contributed by atoms with Crippen molar-refractivity contribution in [1.82, 2.24) is 5.32 Å². The minimum Gasteiger partial charge on any atom is -0.493 e. The van der Waals surface area contributed by atoms with E-state index in [1.807, 2.05) is 18.2 Å². The number of benzene rings is 1. The molecule has 1 saturated carbocycles. The summed E-state index contributed by atoms with van der Waals surface area (Å²) in [4.78, 5) is 12.1. The fourth-order valence-corrected chi connectivity index (χ4v) is 2.85. The van der Waals surface area contributed by atoms with Crippen LogP contribution in [0.1, 0.15) is 37.2 Å². The molecule has 0 saturated heterocycles. The van der Waals surface area contributed by atoms with Crippen molar-refractivity contribution in [3.63, 3.8) is 0 Å². The Hall–Kier alpha value is -1.26. The molecule has 1 aromatic carbocycles. The highest BCUT2D eigenvalue weighted by Gasteiger charge is 2.29. The summed E-state index contributed by atoms with van der Waals surface area (Å²) in [6, 6.07) is 8.13. The van der Waals surface area contributed by atoms with Gasteiger partial charge in [-0.25, -0.2) is 0 Å². The number of carbonyl (C=O) groups excluding carboxylic acids is 1. The number of para-hydroxylation sites is 1. The van der Waals surface area contributed by atoms with E-state index < -0.39 is 0 Å². The van der Waals surface area contributed by atoms with Gasteiger partial charge in [-0.3, -0.25) is 4.79 Å². The van der Waals surface area contributed by atoms with Crippen molar-refractivity contribution in [2.45, 2.75) is 37.6 Å². The van der Waals surface area contributed by atoms with Crippen molar-refractivity contribution in [2.75, 3.05) is 13.2 Å². The molecule has 0 spiro atoms. The summed E-state index contributed by atoms with van der Waals surface area (Å²) in [5.41, 5.74) is 7.16. The van der Waals surface area contributed by atoms with E-state index in [9.17, 15) is 4.79 Å². The fourth-order valence-electron chi connectivity index (χ4n) is 2.85. The number of hydrogen-bond donors (Lipinski definition) is 2. The highest BCUT2D eigenvalue weighted by atomic mass is 35.5. The number of hydrogen-bond acceptors (Lipinski definition) is 3. The highest BCUT2D eigenvalue weighted by molar-refractivity contribution is 5.85. The topological polar surface area (TPSA) is 64.3 Å². The van der Waals surface area contributed by atoms with Crippen LogP contribution in [0, 0.1) is 5.92 Å². The summed E-state index contributed by atoms with van der Waals surface area (Å²) in [5, 5.41) is 2.98. The molecule has 3 rings (SSSR count). The third-order valence-electron chi connectivity index (χ3n) is 4.28. The molecule has 116 valence electrons. The Bertz CT molecular complexity index is 491. The van der Waals surface area contributed by atoms with Crippen LogP contribution in [0.15, 0.2) is 24.3 Å². The first-order valence-electron chi connectivity index (χ1n) is 7.48.